The third-order valence-corrected chi connectivity index (χ3v) is 4.04. The number of benzene rings is 1. The first-order chi connectivity index (χ1) is 8.90. The van der Waals surface area contributed by atoms with Crippen molar-refractivity contribution in [1.29, 1.82) is 0 Å². The summed E-state index contributed by atoms with van der Waals surface area (Å²) in [6.45, 7) is 6.36. The van der Waals surface area contributed by atoms with E-state index in [9.17, 15) is 9.50 Å². The predicted octanol–water partition coefficient (Wildman–Crippen LogP) is 1.72. The molecule has 3 nitrogen and oxygen atoms in total. The molecule has 1 aromatic carbocycles. The molecule has 0 aromatic heterocycles. The Morgan fingerprint density at radius 3 is 2.58 bits per heavy atom. The highest BCUT2D eigenvalue weighted by Crippen LogP contribution is 2.28. The molecule has 0 saturated carbocycles. The number of aliphatic hydroxyl groups is 1. The molecule has 4 heteroatoms. The highest BCUT2D eigenvalue weighted by atomic mass is 19.1. The van der Waals surface area contributed by atoms with Crippen LogP contribution in [0.1, 0.15) is 22.8 Å². The first-order valence-electron chi connectivity index (χ1n) is 6.73. The number of rotatable bonds is 2. The van der Waals surface area contributed by atoms with Crippen molar-refractivity contribution in [2.45, 2.75) is 26.0 Å². The van der Waals surface area contributed by atoms with E-state index >= 15 is 0 Å². The van der Waals surface area contributed by atoms with Crippen LogP contribution in [-0.2, 0) is 0 Å². The van der Waals surface area contributed by atoms with E-state index in [1.54, 1.807) is 0 Å². The summed E-state index contributed by atoms with van der Waals surface area (Å²) >= 11 is 0. The average molecular weight is 266 g/mol. The molecule has 2 unspecified atom stereocenters. The SMILES string of the molecule is Cc1cc(C)c(C(O)C2CN(C)CCN2C)c(F)c1. The predicted molar refractivity (Wildman–Crippen MR) is 74.7 cm³/mol. The fraction of sp³-hybridized carbons (Fsp3) is 0.600. The minimum Gasteiger partial charge on any atom is -0.387 e. The van der Waals surface area contributed by atoms with Crippen molar-refractivity contribution in [2.24, 2.45) is 0 Å². The molecule has 1 fully saturated rings. The van der Waals surface area contributed by atoms with E-state index in [1.165, 1.54) is 6.07 Å². The third-order valence-electron chi connectivity index (χ3n) is 4.04. The Kier molecular flexibility index (Phi) is 4.23. The number of likely N-dealkylation sites (N-methyl/N-ethyl adjacent to an activating group) is 2. The zero-order valence-corrected chi connectivity index (χ0v) is 12.2. The van der Waals surface area contributed by atoms with Gasteiger partial charge in [0, 0.05) is 25.2 Å². The van der Waals surface area contributed by atoms with Crippen LogP contribution in [0.15, 0.2) is 12.1 Å². The Morgan fingerprint density at radius 2 is 1.95 bits per heavy atom. The number of hydrogen-bond acceptors (Lipinski definition) is 3. The minimum atomic E-state index is -0.784. The van der Waals surface area contributed by atoms with E-state index in [0.29, 0.717) is 5.56 Å². The monoisotopic (exact) mass is 266 g/mol. The van der Waals surface area contributed by atoms with Crippen LogP contribution in [0.25, 0.3) is 0 Å². The number of aryl methyl sites for hydroxylation is 2. The van der Waals surface area contributed by atoms with Crippen LogP contribution >= 0.6 is 0 Å². The van der Waals surface area contributed by atoms with Crippen LogP contribution in [0.2, 0.25) is 0 Å². The van der Waals surface area contributed by atoms with Crippen LogP contribution < -0.4 is 0 Å². The highest BCUT2D eigenvalue weighted by molar-refractivity contribution is 5.34. The molecule has 0 aliphatic carbocycles. The summed E-state index contributed by atoms with van der Waals surface area (Å²) in [7, 11) is 4.02. The molecule has 106 valence electrons. The standard InChI is InChI=1S/C15H23FN2O/c1-10-7-11(2)14(12(16)8-10)15(19)13-9-17(3)5-6-18(13)4/h7-8,13,15,19H,5-6,9H2,1-4H3. The summed E-state index contributed by atoms with van der Waals surface area (Å²) in [4.78, 5) is 4.29. The maximum absolute atomic E-state index is 14.1. The van der Waals surface area contributed by atoms with Gasteiger partial charge in [0.1, 0.15) is 5.82 Å². The molecule has 2 atom stereocenters. The first-order valence-corrected chi connectivity index (χ1v) is 6.73. The molecule has 1 heterocycles. The van der Waals surface area contributed by atoms with Crippen molar-refractivity contribution < 1.29 is 9.50 Å². The van der Waals surface area contributed by atoms with Crippen LogP contribution in [0.5, 0.6) is 0 Å². The molecule has 0 amide bonds. The van der Waals surface area contributed by atoms with Gasteiger partial charge in [0.2, 0.25) is 0 Å². The number of halogens is 1. The van der Waals surface area contributed by atoms with Gasteiger partial charge in [-0.2, -0.15) is 0 Å². The van der Waals surface area contributed by atoms with E-state index in [4.69, 9.17) is 0 Å². The zero-order chi connectivity index (χ0) is 14.2. The molecule has 1 saturated heterocycles. The van der Waals surface area contributed by atoms with Gasteiger partial charge in [-0.25, -0.2) is 4.39 Å². The van der Waals surface area contributed by atoms with E-state index in [0.717, 1.165) is 30.8 Å². The van der Waals surface area contributed by atoms with Gasteiger partial charge in [0.05, 0.1) is 12.1 Å². The fourth-order valence-electron chi connectivity index (χ4n) is 2.88. The Morgan fingerprint density at radius 1 is 1.26 bits per heavy atom. The Bertz CT molecular complexity index is 440. The number of hydrogen-bond donors (Lipinski definition) is 1. The van der Waals surface area contributed by atoms with Crippen LogP contribution in [0.4, 0.5) is 4.39 Å². The van der Waals surface area contributed by atoms with Crippen LogP contribution in [-0.4, -0.2) is 54.7 Å². The highest BCUT2D eigenvalue weighted by Gasteiger charge is 2.31. The number of aliphatic hydroxyl groups excluding tert-OH is 1. The normalized spacial score (nSPS) is 23.6. The van der Waals surface area contributed by atoms with Crippen molar-refractivity contribution in [3.8, 4) is 0 Å². The van der Waals surface area contributed by atoms with E-state index in [2.05, 4.69) is 9.80 Å². The van der Waals surface area contributed by atoms with Gasteiger partial charge in [-0.1, -0.05) is 6.07 Å². The molecule has 1 aliphatic heterocycles. The van der Waals surface area contributed by atoms with E-state index < -0.39 is 6.10 Å². The molecule has 1 N–H and O–H groups in total. The van der Waals surface area contributed by atoms with Gasteiger partial charge < -0.3 is 10.0 Å². The van der Waals surface area contributed by atoms with Gasteiger partial charge in [-0.15, -0.1) is 0 Å². The van der Waals surface area contributed by atoms with Gasteiger partial charge in [0.15, 0.2) is 0 Å². The molecule has 1 aromatic rings. The largest absolute Gasteiger partial charge is 0.387 e. The molecular weight excluding hydrogens is 243 g/mol. The van der Waals surface area contributed by atoms with Crippen LogP contribution in [0, 0.1) is 19.7 Å². The summed E-state index contributed by atoms with van der Waals surface area (Å²) in [6, 6.07) is 3.36. The molecule has 0 radical (unpaired) electrons. The van der Waals surface area contributed by atoms with Crippen molar-refractivity contribution >= 4 is 0 Å². The second kappa shape index (κ2) is 5.57. The van der Waals surface area contributed by atoms with Gasteiger partial charge >= 0.3 is 0 Å². The quantitative estimate of drug-likeness (QED) is 0.883. The minimum absolute atomic E-state index is 0.0605. The Labute approximate surface area is 114 Å². The molecule has 2 rings (SSSR count). The third kappa shape index (κ3) is 2.96. The lowest BCUT2D eigenvalue weighted by atomic mass is 9.94. The van der Waals surface area contributed by atoms with Crippen molar-refractivity contribution in [1.82, 2.24) is 9.80 Å². The molecule has 1 aliphatic rings. The molecular formula is C15H23FN2O. The maximum Gasteiger partial charge on any atom is 0.129 e. The second-order valence-corrected chi connectivity index (χ2v) is 5.73. The van der Waals surface area contributed by atoms with Crippen molar-refractivity contribution in [3.63, 3.8) is 0 Å². The lowest BCUT2D eigenvalue weighted by molar-refractivity contribution is 0.0118. The van der Waals surface area contributed by atoms with Crippen molar-refractivity contribution in [2.75, 3.05) is 33.7 Å². The zero-order valence-electron chi connectivity index (χ0n) is 12.2. The van der Waals surface area contributed by atoms with E-state index in [-0.39, 0.29) is 11.9 Å². The molecule has 0 bridgehead atoms. The number of piperazine rings is 1. The van der Waals surface area contributed by atoms with Gasteiger partial charge in [-0.3, -0.25) is 4.90 Å². The van der Waals surface area contributed by atoms with Gasteiger partial charge in [0.25, 0.3) is 0 Å². The van der Waals surface area contributed by atoms with Gasteiger partial charge in [-0.05, 0) is 45.1 Å². The summed E-state index contributed by atoms with van der Waals surface area (Å²) in [5.74, 6) is -0.299. The first kappa shape index (κ1) is 14.4. The van der Waals surface area contributed by atoms with E-state index in [1.807, 2.05) is 34.0 Å². The Hall–Kier alpha value is -0.970. The fourth-order valence-corrected chi connectivity index (χ4v) is 2.88. The molecule has 0 spiro atoms. The number of nitrogens with zero attached hydrogens (tertiary/aromatic N) is 2. The lowest BCUT2D eigenvalue weighted by Gasteiger charge is -2.40. The summed E-state index contributed by atoms with van der Waals surface area (Å²) in [5.41, 5.74) is 2.16. The lowest BCUT2D eigenvalue weighted by Crippen LogP contribution is -2.52. The summed E-state index contributed by atoms with van der Waals surface area (Å²) in [5, 5.41) is 10.6. The van der Waals surface area contributed by atoms with Crippen LogP contribution in [0.3, 0.4) is 0 Å². The average Bonchev–Trinajstić information content (AvgIpc) is 2.30. The summed E-state index contributed by atoms with van der Waals surface area (Å²) in [6.07, 6.45) is -0.784. The second-order valence-electron chi connectivity index (χ2n) is 5.73. The summed E-state index contributed by atoms with van der Waals surface area (Å²) < 4.78 is 14.1. The molecule has 19 heavy (non-hydrogen) atoms. The van der Waals surface area contributed by atoms with Crippen molar-refractivity contribution in [3.05, 3.63) is 34.6 Å². The smallest absolute Gasteiger partial charge is 0.129 e. The topological polar surface area (TPSA) is 26.7 Å². The Balaban J connectivity index is 2.30. The maximum atomic E-state index is 14.1.